The van der Waals surface area contributed by atoms with Crippen molar-refractivity contribution in [3.05, 3.63) is 128 Å². The second kappa shape index (κ2) is 24.8. The third kappa shape index (κ3) is 15.0. The lowest BCUT2D eigenvalue weighted by Crippen LogP contribution is -2.31. The highest BCUT2D eigenvalue weighted by atomic mass is 35.5. The molecule has 2 aromatic carbocycles. The van der Waals surface area contributed by atoms with E-state index in [0.717, 1.165) is 53.4 Å². The van der Waals surface area contributed by atoms with Gasteiger partial charge in [0.1, 0.15) is 18.2 Å². The van der Waals surface area contributed by atoms with Gasteiger partial charge in [-0.1, -0.05) is 56.7 Å². The number of rotatable bonds is 13. The third-order valence-corrected chi connectivity index (χ3v) is 12.6. The highest BCUT2D eigenvalue weighted by molar-refractivity contribution is 7.93. The maximum Gasteiger partial charge on any atom is 0.417 e. The predicted octanol–water partition coefficient (Wildman–Crippen LogP) is 7.61. The molecular formula is C40H30Cl4F6N12O12S2. The molecule has 0 bridgehead atoms. The zero-order chi connectivity index (χ0) is 56.3. The van der Waals surface area contributed by atoms with Gasteiger partial charge in [0, 0.05) is 24.5 Å². The average molecular weight is 1190 g/mol. The van der Waals surface area contributed by atoms with Crippen LogP contribution in [0.3, 0.4) is 0 Å². The van der Waals surface area contributed by atoms with Crippen LogP contribution in [0.15, 0.2) is 104 Å². The summed E-state index contributed by atoms with van der Waals surface area (Å²) in [5, 5.41) is 15.7. The van der Waals surface area contributed by atoms with E-state index in [9.17, 15) is 62.4 Å². The molecule has 0 saturated heterocycles. The molecule has 76 heavy (non-hydrogen) atoms. The molecule has 6 N–H and O–H groups in total. The Kier molecular flexibility index (Phi) is 19.3. The van der Waals surface area contributed by atoms with Crippen molar-refractivity contribution in [3.63, 3.8) is 0 Å². The van der Waals surface area contributed by atoms with Crippen molar-refractivity contribution in [3.8, 4) is 17.3 Å². The van der Waals surface area contributed by atoms with Crippen LogP contribution in [0.2, 0.25) is 20.1 Å². The molecule has 7 rings (SSSR count). The minimum Gasteiger partial charge on any atom is -0.460 e. The van der Waals surface area contributed by atoms with Crippen molar-refractivity contribution in [1.29, 1.82) is 0 Å². The number of nitrogens with two attached hydrogens (primary N) is 1. The Hall–Kier alpha value is -7.62. The minimum atomic E-state index is -4.90. The molecule has 0 atom stereocenters. The number of esters is 2. The second-order valence-electron chi connectivity index (χ2n) is 13.9. The van der Waals surface area contributed by atoms with Crippen molar-refractivity contribution >= 4 is 107 Å². The number of amides is 2. The standard InChI is InChI=1S/C20H13Cl2F3N6O5S.C13H9Cl2F3N4O3S.C7H8N2O4/c1-2-35-19(32)18-28-27-17(31(18)15-5-6-36-29-15)16-14(7-10(21)9-26-16)30-37(33,34)11-3-4-13(22)12(8-11)20(23,24)25;14-6-3-10(11(20-5-6)12(23)21-19)22-26(24,25)7-1-2-9(15)8(4-7)13(16,17)18;1-2-12-7(11)6(10)8-5-3-4-13-9-5/h3-9,30H,2H2,1H3;1-5,22H,19H2,(H,21,23);3-4H,2H2,1H3,(H,8,9,10). The van der Waals surface area contributed by atoms with E-state index in [-0.39, 0.29) is 63.6 Å². The van der Waals surface area contributed by atoms with E-state index < -0.39 is 92.8 Å². The molecule has 0 aliphatic rings. The number of aromatic nitrogens is 7. The number of nitrogens with one attached hydrogen (secondary N) is 4. The van der Waals surface area contributed by atoms with Crippen molar-refractivity contribution in [2.45, 2.75) is 36.0 Å². The Morgan fingerprint density at radius 1 is 0.697 bits per heavy atom. The fraction of sp³-hybridized carbons (Fsp3) is 0.150. The molecule has 0 aliphatic heterocycles. The van der Waals surface area contributed by atoms with Crippen LogP contribution in [0.4, 0.5) is 43.5 Å². The first kappa shape index (κ1) is 59.3. The highest BCUT2D eigenvalue weighted by Gasteiger charge is 2.36. The molecule has 0 unspecified atom stereocenters. The monoisotopic (exact) mass is 1190 g/mol. The van der Waals surface area contributed by atoms with Crippen LogP contribution in [0.5, 0.6) is 0 Å². The molecular weight excluding hydrogens is 1160 g/mol. The van der Waals surface area contributed by atoms with Gasteiger partial charge in [-0.25, -0.2) is 46.8 Å². The van der Waals surface area contributed by atoms with Gasteiger partial charge in [0.25, 0.3) is 26.0 Å². The molecule has 2 amide bonds. The number of hydrogen-bond donors (Lipinski definition) is 5. The van der Waals surface area contributed by atoms with Gasteiger partial charge in [-0.05, 0) is 62.4 Å². The summed E-state index contributed by atoms with van der Waals surface area (Å²) >= 11 is 22.8. The summed E-state index contributed by atoms with van der Waals surface area (Å²) in [4.78, 5) is 52.1. The number of sulfonamides is 2. The molecule has 7 aromatic rings. The van der Waals surface area contributed by atoms with Crippen LogP contribution in [0.1, 0.15) is 46.1 Å². The second-order valence-corrected chi connectivity index (χ2v) is 18.9. The van der Waals surface area contributed by atoms with Crippen LogP contribution >= 0.6 is 46.4 Å². The molecule has 0 radical (unpaired) electrons. The number of halogens is 10. The number of carbonyl (C=O) groups excluding carboxylic acids is 4. The van der Waals surface area contributed by atoms with E-state index in [2.05, 4.69) is 49.8 Å². The summed E-state index contributed by atoms with van der Waals surface area (Å²) in [6, 6.07) is 9.11. The largest absolute Gasteiger partial charge is 0.460 e. The number of hydrogen-bond acceptors (Lipinski definition) is 19. The molecule has 5 heterocycles. The fourth-order valence-corrected chi connectivity index (χ4v) is 8.52. The van der Waals surface area contributed by atoms with Crippen molar-refractivity contribution < 1.29 is 80.9 Å². The van der Waals surface area contributed by atoms with Gasteiger partial charge in [0.15, 0.2) is 23.2 Å². The first-order valence-corrected chi connectivity index (χ1v) is 24.6. The van der Waals surface area contributed by atoms with E-state index >= 15 is 0 Å². The molecule has 36 heteroatoms. The normalized spacial score (nSPS) is 11.5. The topological polar surface area (TPSA) is 338 Å². The molecule has 0 saturated carbocycles. The van der Waals surface area contributed by atoms with Gasteiger partial charge in [0.2, 0.25) is 5.82 Å². The summed E-state index contributed by atoms with van der Waals surface area (Å²) in [6.07, 6.45) is -5.06. The highest BCUT2D eigenvalue weighted by Crippen LogP contribution is 2.38. The van der Waals surface area contributed by atoms with Crippen LogP contribution in [0, 0.1) is 0 Å². The lowest BCUT2D eigenvalue weighted by molar-refractivity contribution is -0.152. The van der Waals surface area contributed by atoms with Gasteiger partial charge < -0.3 is 18.5 Å². The van der Waals surface area contributed by atoms with Gasteiger partial charge >= 0.3 is 30.2 Å². The quantitative estimate of drug-likeness (QED) is 0.0185. The molecule has 0 fully saturated rings. The number of anilines is 3. The lowest BCUT2D eigenvalue weighted by Gasteiger charge is -2.14. The van der Waals surface area contributed by atoms with E-state index in [4.69, 9.17) is 61.5 Å². The summed E-state index contributed by atoms with van der Waals surface area (Å²) in [5.41, 5.74) is -2.19. The van der Waals surface area contributed by atoms with E-state index in [1.54, 1.807) is 19.3 Å². The number of ether oxygens (including phenoxy) is 2. The number of pyridine rings is 2. The number of hydrazine groups is 1. The van der Waals surface area contributed by atoms with Crippen LogP contribution in [-0.2, 0) is 51.5 Å². The minimum absolute atomic E-state index is 0.0189. The van der Waals surface area contributed by atoms with Gasteiger partial charge in [-0.15, -0.1) is 10.2 Å². The summed E-state index contributed by atoms with van der Waals surface area (Å²) in [7, 11) is -9.16. The molecule has 0 spiro atoms. The SMILES string of the molecule is CCOC(=O)C(=O)Nc1ccon1.CCOC(=O)c1nnc(-c2ncc(Cl)cc2NS(=O)(=O)c2ccc(Cl)c(C(F)(F)F)c2)n1-c1ccon1.NNC(=O)c1ncc(Cl)cc1NS(=O)(=O)c1ccc(Cl)c(C(F)(F)F)c1. The Labute approximate surface area is 442 Å². The lowest BCUT2D eigenvalue weighted by atomic mass is 10.2. The van der Waals surface area contributed by atoms with Crippen molar-refractivity contribution in [1.82, 2.24) is 40.5 Å². The number of alkyl halides is 6. The Morgan fingerprint density at radius 3 is 1.72 bits per heavy atom. The smallest absolute Gasteiger partial charge is 0.417 e. The van der Waals surface area contributed by atoms with E-state index in [0.29, 0.717) is 12.1 Å². The Morgan fingerprint density at radius 2 is 1.22 bits per heavy atom. The first-order valence-electron chi connectivity index (χ1n) is 20.1. The van der Waals surface area contributed by atoms with Crippen molar-refractivity contribution in [2.24, 2.45) is 5.84 Å². The Bertz CT molecular complexity index is 3480. The maximum atomic E-state index is 13.3. The number of nitrogens with zero attached hydrogens (tertiary/aromatic N) is 7. The fourth-order valence-electron chi connectivity index (χ4n) is 5.59. The maximum absolute atomic E-state index is 13.3. The molecule has 5 aromatic heterocycles. The van der Waals surface area contributed by atoms with Crippen LogP contribution < -0.4 is 26.0 Å². The molecule has 0 aliphatic carbocycles. The third-order valence-electron chi connectivity index (χ3n) is 8.78. The molecule has 24 nitrogen and oxygen atoms in total. The van der Waals surface area contributed by atoms with Crippen LogP contribution in [0.25, 0.3) is 17.3 Å². The van der Waals surface area contributed by atoms with Crippen molar-refractivity contribution in [2.75, 3.05) is 28.0 Å². The summed E-state index contributed by atoms with van der Waals surface area (Å²) in [5.74, 6) is 1.06. The predicted molar refractivity (Wildman–Crippen MR) is 253 cm³/mol. The zero-order valence-corrected chi connectivity index (χ0v) is 42.4. The van der Waals surface area contributed by atoms with Gasteiger partial charge in [-0.2, -0.15) is 26.3 Å². The number of nitrogen functional groups attached to an aromatic ring is 1. The summed E-state index contributed by atoms with van der Waals surface area (Å²) < 4.78 is 153. The average Bonchev–Trinajstić information content (AvgIpc) is 4.15. The summed E-state index contributed by atoms with van der Waals surface area (Å²) in [6.45, 7) is 3.36. The first-order chi connectivity index (χ1) is 35.6. The Balaban J connectivity index is 0.000000236. The van der Waals surface area contributed by atoms with Gasteiger partial charge in [0.05, 0.1) is 65.6 Å². The van der Waals surface area contributed by atoms with Crippen LogP contribution in [-0.4, -0.2) is 88.8 Å². The number of carbonyl (C=O) groups is 4. The number of benzene rings is 2. The van der Waals surface area contributed by atoms with E-state index in [1.165, 1.54) is 24.7 Å². The molecule has 404 valence electrons. The zero-order valence-electron chi connectivity index (χ0n) is 37.7. The van der Waals surface area contributed by atoms with Gasteiger partial charge in [-0.3, -0.25) is 29.8 Å². The van der Waals surface area contributed by atoms with E-state index in [1.807, 2.05) is 4.72 Å².